The Morgan fingerprint density at radius 2 is 0.509 bits per heavy atom. The average molecular weight is 1560 g/mol. The molecule has 0 spiro atoms. The second-order valence-electron chi connectivity index (χ2n) is 26.7. The van der Waals surface area contributed by atoms with Crippen LogP contribution in [-0.2, 0) is 90.1 Å². The number of carbonyl (C=O) groups excluding carboxylic acids is 2. The van der Waals surface area contributed by atoms with E-state index in [2.05, 4.69) is 10.6 Å². The molecule has 1 unspecified atom stereocenters. The lowest BCUT2D eigenvalue weighted by Gasteiger charge is -2.51. The summed E-state index contributed by atoms with van der Waals surface area (Å²) in [4.78, 5) is 25.0. The Labute approximate surface area is 598 Å². The Morgan fingerprint density at radius 1 is 0.245 bits per heavy atom. The van der Waals surface area contributed by atoms with E-state index in [1.807, 2.05) is 0 Å². The Bertz CT molecular complexity index is 2710. The molecule has 0 bridgehead atoms. The van der Waals surface area contributed by atoms with Crippen LogP contribution in [0, 0.1) is 0 Å². The molecule has 48 heteroatoms. The third-order valence-electron chi connectivity index (χ3n) is 19.6. The summed E-state index contributed by atoms with van der Waals surface area (Å²) in [7, 11) is 0. The van der Waals surface area contributed by atoms with Crippen molar-refractivity contribution in [2.45, 2.75) is 290 Å². The molecule has 0 aromatic carbocycles. The number of carbonyl (C=O) groups is 2. The molecular formula is C58H98N2O46. The minimum atomic E-state index is -2.57. The van der Waals surface area contributed by atoms with Gasteiger partial charge in [0.2, 0.25) is 11.8 Å². The van der Waals surface area contributed by atoms with Gasteiger partial charge in [-0.15, -0.1) is 0 Å². The lowest BCUT2D eigenvalue weighted by Crippen LogP contribution is -2.70. The predicted octanol–water partition coefficient (Wildman–Crippen LogP) is -20.3. The Kier molecular flexibility index (Phi) is 31.1. The van der Waals surface area contributed by atoms with Gasteiger partial charge in [-0.1, -0.05) is 0 Å². The molecule has 29 N–H and O–H groups in total. The van der Waals surface area contributed by atoms with Crippen LogP contribution in [0.2, 0.25) is 0 Å². The van der Waals surface area contributed by atoms with Crippen LogP contribution in [0.5, 0.6) is 0 Å². The molecule has 9 aliphatic heterocycles. The van der Waals surface area contributed by atoms with Crippen molar-refractivity contribution in [3.8, 4) is 0 Å². The highest BCUT2D eigenvalue weighted by Crippen LogP contribution is 2.40. The summed E-state index contributed by atoms with van der Waals surface area (Å²) in [5, 5.41) is 302. The normalized spacial score (nSPS) is 51.2. The van der Waals surface area contributed by atoms with Crippen LogP contribution in [0.3, 0.4) is 0 Å². The maximum absolute atomic E-state index is 12.9. The van der Waals surface area contributed by atoms with Gasteiger partial charge in [0.1, 0.15) is 220 Å². The number of aliphatic hydroxyl groups is 27. The number of amides is 2. The van der Waals surface area contributed by atoms with Gasteiger partial charge >= 0.3 is 0 Å². The Hall–Kier alpha value is -2.82. The monoisotopic (exact) mass is 1560 g/mol. The summed E-state index contributed by atoms with van der Waals surface area (Å²) >= 11 is 0. The van der Waals surface area contributed by atoms with Crippen molar-refractivity contribution in [1.82, 2.24) is 10.6 Å². The number of aliphatic hydroxyl groups excluding tert-OH is 27. The molecule has 45 atom stereocenters. The van der Waals surface area contributed by atoms with Crippen LogP contribution in [0.4, 0.5) is 0 Å². The van der Waals surface area contributed by atoms with E-state index in [0.717, 1.165) is 13.8 Å². The number of rotatable bonds is 27. The first-order chi connectivity index (χ1) is 50.2. The number of hydrogen-bond acceptors (Lipinski definition) is 46. The van der Waals surface area contributed by atoms with Crippen molar-refractivity contribution in [1.29, 1.82) is 0 Å². The van der Waals surface area contributed by atoms with E-state index in [0.29, 0.717) is 0 Å². The summed E-state index contributed by atoms with van der Waals surface area (Å²) in [5.74, 6) is -1.72. The molecule has 106 heavy (non-hydrogen) atoms. The minimum absolute atomic E-state index is 0.785. The zero-order chi connectivity index (χ0) is 77.9. The van der Waals surface area contributed by atoms with Gasteiger partial charge in [0, 0.05) is 13.8 Å². The summed E-state index contributed by atoms with van der Waals surface area (Å²) < 4.78 is 99.0. The zero-order valence-corrected chi connectivity index (χ0v) is 56.2. The molecule has 0 saturated carbocycles. The molecule has 9 saturated heterocycles. The summed E-state index contributed by atoms with van der Waals surface area (Å²) in [5.41, 5.74) is 0. The fourth-order valence-corrected chi connectivity index (χ4v) is 13.6. The fraction of sp³-hybridized carbons (Fsp3) is 0.966. The van der Waals surface area contributed by atoms with Gasteiger partial charge in [-0.25, -0.2) is 0 Å². The van der Waals surface area contributed by atoms with Crippen LogP contribution in [0.1, 0.15) is 13.8 Å². The van der Waals surface area contributed by atoms with Crippen molar-refractivity contribution < 1.29 is 228 Å². The lowest BCUT2D eigenvalue weighted by molar-refractivity contribution is -0.408. The third kappa shape index (κ3) is 18.5. The third-order valence-corrected chi connectivity index (χ3v) is 19.6. The maximum atomic E-state index is 12.9. The molecule has 9 heterocycles. The van der Waals surface area contributed by atoms with Crippen LogP contribution in [0.25, 0.3) is 0 Å². The molecular weight excluding hydrogens is 1460 g/mol. The van der Waals surface area contributed by atoms with E-state index in [1.165, 1.54) is 0 Å². The van der Waals surface area contributed by atoms with Gasteiger partial charge in [-0.05, 0) is 0 Å². The summed E-state index contributed by atoms with van der Waals surface area (Å²) in [6.07, 6.45) is -91.0. The van der Waals surface area contributed by atoms with Gasteiger partial charge < -0.3 is 229 Å². The van der Waals surface area contributed by atoms with Gasteiger partial charge in [0.05, 0.1) is 59.5 Å². The van der Waals surface area contributed by atoms with Gasteiger partial charge in [-0.3, -0.25) is 9.59 Å². The fourth-order valence-electron chi connectivity index (χ4n) is 13.6. The predicted molar refractivity (Wildman–Crippen MR) is 320 cm³/mol. The summed E-state index contributed by atoms with van der Waals surface area (Å²) in [6.45, 7) is -7.92. The number of nitrogens with one attached hydrogen (secondary N) is 2. The Balaban J connectivity index is 1.04. The molecule has 9 aliphatic rings. The summed E-state index contributed by atoms with van der Waals surface area (Å²) in [6, 6.07) is -3.56. The molecule has 0 aliphatic carbocycles. The number of hydrogen-bond donors (Lipinski definition) is 29. The molecule has 48 nitrogen and oxygen atoms in total. The van der Waals surface area contributed by atoms with Crippen molar-refractivity contribution in [3.63, 3.8) is 0 Å². The highest BCUT2D eigenvalue weighted by atomic mass is 16.8. The van der Waals surface area contributed by atoms with Gasteiger partial charge in [0.15, 0.2) is 56.6 Å². The quantitative estimate of drug-likeness (QED) is 0.0363. The van der Waals surface area contributed by atoms with Crippen molar-refractivity contribution in [2.24, 2.45) is 0 Å². The first-order valence-electron chi connectivity index (χ1n) is 33.7. The zero-order valence-electron chi connectivity index (χ0n) is 56.2. The van der Waals surface area contributed by atoms with E-state index < -0.39 is 348 Å². The Morgan fingerprint density at radius 3 is 0.906 bits per heavy atom. The SMILES string of the molecule is CC(=O)N[C@H]1[C@H](O[C@H]2[C@H](O)[C@@H](NC(C)=O)C(O)O[C@@H]2CO)O[C@H](CO)[C@@H](O[C@@H]2O[C@H](CO[C@H]3O[C@H](CO)[C@@H](O)[C@H](O[C@H]4O[C@H](CO)[C@@H](O)[C@H](O)[C@@H]4O[C@H]4O[C@H](CO)[C@@H](O)[C@H](O)[C@@H]4O)[C@@H]3O)[C@@H](O)[C@H](O[C@H]3O[C@H](CO)[C@@H](O)[C@H](O)[C@@H]3O[C@H]3O[C@H](CO)[C@@H](O)[C@H](O)[C@@H]3O[C@H]3O[C@H](CO)[C@@H](O)[C@H](O)[C@@H]3O)[C@@H]2O)[C@@H]1O. The van der Waals surface area contributed by atoms with Crippen molar-refractivity contribution >= 4 is 11.8 Å². The minimum Gasteiger partial charge on any atom is -0.394 e. The standard InChI is InChI=1S/C58H98N2O46/c1-12(69)59-23-32(78)43(20(9-67)91-50(23)89)100-51-24(60-13(2)70)33(79)44(21(10-68)98-51)101-55-42(88)46(103-57-49(38(84)29(75)17(6-64)96-57)106-58-48(37(83)28(74)18(7-65)97-58)105-54-40(86)35(81)26(72)15(4-62)94-54)31(77)22(99-55)11-90-52-41(87)45(30(76)19(8-66)92-52)102-56-47(36(82)27(73)16(5-63)95-56)104-53-39(85)34(80)25(71)14(3-61)93-53/h14-58,61-68,71-89H,3-11H2,1-2H3,(H,59,69)(H,60,70)/t14-,15-,16-,17-,18-,19-,20-,21-,22-,23-,24-,25-,26-,27-,28-,29-,30-,31-,32-,33-,34+,35+,36+,37+,38+,39+,40+,41+,42+,43-,44-,45+,46+,47+,48+,49+,50?,51+,52+,53-,54-,55+,56-,57-,58-/m1/s1. The van der Waals surface area contributed by atoms with Crippen molar-refractivity contribution in [3.05, 3.63) is 0 Å². The molecule has 0 aromatic rings. The van der Waals surface area contributed by atoms with E-state index in [1.54, 1.807) is 0 Å². The average Bonchev–Trinajstić information content (AvgIpc) is 0.768. The van der Waals surface area contributed by atoms with Crippen LogP contribution in [0.15, 0.2) is 0 Å². The topological polar surface area (TPSA) is 761 Å². The maximum Gasteiger partial charge on any atom is 0.217 e. The molecule has 9 fully saturated rings. The van der Waals surface area contributed by atoms with Gasteiger partial charge in [-0.2, -0.15) is 0 Å². The number of ether oxygens (including phenoxy) is 17. The van der Waals surface area contributed by atoms with E-state index in [9.17, 15) is 147 Å². The van der Waals surface area contributed by atoms with E-state index >= 15 is 0 Å². The highest BCUT2D eigenvalue weighted by molar-refractivity contribution is 5.73. The second-order valence-corrected chi connectivity index (χ2v) is 26.7. The van der Waals surface area contributed by atoms with Gasteiger partial charge in [0.25, 0.3) is 0 Å². The van der Waals surface area contributed by atoms with Crippen LogP contribution < -0.4 is 10.6 Å². The molecule has 0 aromatic heterocycles. The smallest absolute Gasteiger partial charge is 0.217 e. The van der Waals surface area contributed by atoms with Crippen LogP contribution in [-0.4, -0.2) is 485 Å². The molecule has 2 amide bonds. The van der Waals surface area contributed by atoms with Crippen molar-refractivity contribution in [2.75, 3.05) is 59.5 Å². The molecule has 0 radical (unpaired) electrons. The highest BCUT2D eigenvalue weighted by Gasteiger charge is 2.61. The second kappa shape index (κ2) is 37.9. The first-order valence-corrected chi connectivity index (χ1v) is 33.7. The van der Waals surface area contributed by atoms with E-state index in [-0.39, 0.29) is 0 Å². The van der Waals surface area contributed by atoms with E-state index in [4.69, 9.17) is 80.5 Å². The first kappa shape index (κ1) is 87.2. The lowest BCUT2D eigenvalue weighted by atomic mass is 9.94. The molecule has 9 rings (SSSR count). The largest absolute Gasteiger partial charge is 0.394 e. The van der Waals surface area contributed by atoms with Crippen LogP contribution >= 0.6 is 0 Å². The molecule has 616 valence electrons.